The minimum atomic E-state index is -0.467. The Balaban J connectivity index is 1.97. The molecule has 0 saturated heterocycles. The largest absolute Gasteiger partial charge is 0.460 e. The summed E-state index contributed by atoms with van der Waals surface area (Å²) in [7, 11) is 0. The summed E-state index contributed by atoms with van der Waals surface area (Å²) in [6, 6.07) is 15.1. The molecule has 32 heavy (non-hydrogen) atoms. The Morgan fingerprint density at radius 3 is 2.66 bits per heavy atom. The number of aromatic nitrogens is 1. The first kappa shape index (κ1) is 22.0. The molecular formula is C22H16Cl2N4O3S. The number of nitro benzene ring substituents is 1. The summed E-state index contributed by atoms with van der Waals surface area (Å²) < 4.78 is 7.27. The van der Waals surface area contributed by atoms with Gasteiger partial charge in [-0.2, -0.15) is 5.10 Å². The van der Waals surface area contributed by atoms with Crippen molar-refractivity contribution in [1.82, 2.24) is 4.68 Å². The predicted octanol–water partition coefficient (Wildman–Crippen LogP) is 6.84. The molecule has 0 radical (unpaired) electrons. The molecule has 4 aromatic rings. The lowest BCUT2D eigenvalue weighted by atomic mass is 10.2. The molecular weight excluding hydrogens is 471 g/mol. The standard InChI is InChI=1S/C22H16Cl2N4O3S/c1-13-7-10-21(31-13)14(2)26-27-20(16-11-15(23)8-9-17(16)24)12-32-22(27)25-18-5-3-4-6-19(18)28(29)30/h3-12H,1-2H3. The van der Waals surface area contributed by atoms with Crippen LogP contribution in [-0.4, -0.2) is 15.3 Å². The summed E-state index contributed by atoms with van der Waals surface area (Å²) in [5, 5.41) is 19.0. The SMILES string of the molecule is CC(=Nn1c(-c2cc(Cl)ccc2Cl)csc1=Nc1ccccc1[N+](=O)[O-])c1ccc(C)o1. The first-order chi connectivity index (χ1) is 15.3. The van der Waals surface area contributed by atoms with E-state index >= 15 is 0 Å². The van der Waals surface area contributed by atoms with Crippen LogP contribution >= 0.6 is 34.5 Å². The van der Waals surface area contributed by atoms with E-state index in [9.17, 15) is 10.1 Å². The van der Waals surface area contributed by atoms with Gasteiger partial charge in [0, 0.05) is 22.0 Å². The number of nitro groups is 1. The second-order valence-electron chi connectivity index (χ2n) is 6.79. The van der Waals surface area contributed by atoms with E-state index in [2.05, 4.69) is 4.99 Å². The van der Waals surface area contributed by atoms with Crippen LogP contribution < -0.4 is 4.80 Å². The lowest BCUT2D eigenvalue weighted by Gasteiger charge is -2.07. The second-order valence-corrected chi connectivity index (χ2v) is 8.47. The molecule has 2 heterocycles. The van der Waals surface area contributed by atoms with Crippen LogP contribution in [0.2, 0.25) is 10.0 Å². The summed E-state index contributed by atoms with van der Waals surface area (Å²) in [4.78, 5) is 15.9. The molecule has 0 amide bonds. The van der Waals surface area contributed by atoms with E-state index in [1.165, 1.54) is 17.4 Å². The second kappa shape index (κ2) is 9.12. The van der Waals surface area contributed by atoms with Crippen molar-refractivity contribution in [3.05, 3.63) is 96.5 Å². The minimum Gasteiger partial charge on any atom is -0.460 e. The van der Waals surface area contributed by atoms with E-state index in [1.54, 1.807) is 48.0 Å². The molecule has 0 bridgehead atoms. The van der Waals surface area contributed by atoms with E-state index in [4.69, 9.17) is 32.7 Å². The Bertz CT molecular complexity index is 1420. The number of hydrogen-bond donors (Lipinski definition) is 0. The van der Waals surface area contributed by atoms with Crippen molar-refractivity contribution in [2.75, 3.05) is 0 Å². The van der Waals surface area contributed by atoms with Gasteiger partial charge in [0.15, 0.2) is 0 Å². The van der Waals surface area contributed by atoms with E-state index in [-0.39, 0.29) is 11.4 Å². The van der Waals surface area contributed by atoms with Gasteiger partial charge in [0.05, 0.1) is 15.6 Å². The van der Waals surface area contributed by atoms with Crippen molar-refractivity contribution in [3.63, 3.8) is 0 Å². The number of benzene rings is 2. The average molecular weight is 487 g/mol. The Labute approximate surface area is 197 Å². The molecule has 162 valence electrons. The van der Waals surface area contributed by atoms with Gasteiger partial charge in [-0.05, 0) is 50.2 Å². The maximum atomic E-state index is 11.4. The van der Waals surface area contributed by atoms with Crippen molar-refractivity contribution in [2.45, 2.75) is 13.8 Å². The van der Waals surface area contributed by atoms with Crippen LogP contribution in [0.1, 0.15) is 18.4 Å². The fourth-order valence-electron chi connectivity index (χ4n) is 3.00. The monoisotopic (exact) mass is 486 g/mol. The van der Waals surface area contributed by atoms with Crippen LogP contribution in [0.5, 0.6) is 0 Å². The number of aryl methyl sites for hydroxylation is 1. The van der Waals surface area contributed by atoms with Gasteiger partial charge >= 0.3 is 0 Å². The molecule has 0 atom stereocenters. The van der Waals surface area contributed by atoms with Crippen molar-refractivity contribution < 1.29 is 9.34 Å². The molecule has 0 aliphatic heterocycles. The van der Waals surface area contributed by atoms with Crippen LogP contribution in [0, 0.1) is 17.0 Å². The Kier molecular flexibility index (Phi) is 6.27. The Morgan fingerprint density at radius 1 is 1.16 bits per heavy atom. The molecule has 0 N–H and O–H groups in total. The van der Waals surface area contributed by atoms with Crippen LogP contribution in [-0.2, 0) is 0 Å². The quantitative estimate of drug-likeness (QED) is 0.176. The highest BCUT2D eigenvalue weighted by atomic mass is 35.5. The average Bonchev–Trinajstić information content (AvgIpc) is 3.36. The molecule has 0 saturated carbocycles. The van der Waals surface area contributed by atoms with E-state index in [0.717, 1.165) is 5.76 Å². The van der Waals surface area contributed by atoms with Gasteiger partial charge in [-0.3, -0.25) is 10.1 Å². The molecule has 10 heteroatoms. The summed E-state index contributed by atoms with van der Waals surface area (Å²) in [5.74, 6) is 1.36. The van der Waals surface area contributed by atoms with Gasteiger partial charge in [-0.25, -0.2) is 9.67 Å². The number of para-hydroxylation sites is 2. The lowest BCUT2D eigenvalue weighted by Crippen LogP contribution is -2.14. The lowest BCUT2D eigenvalue weighted by molar-refractivity contribution is -0.384. The Morgan fingerprint density at radius 2 is 1.94 bits per heavy atom. The fourth-order valence-corrected chi connectivity index (χ4v) is 4.22. The summed E-state index contributed by atoms with van der Waals surface area (Å²) in [6.07, 6.45) is 0. The van der Waals surface area contributed by atoms with Gasteiger partial charge in [0.25, 0.3) is 5.69 Å². The normalized spacial score (nSPS) is 12.4. The highest BCUT2D eigenvalue weighted by Gasteiger charge is 2.16. The smallest absolute Gasteiger partial charge is 0.294 e. The summed E-state index contributed by atoms with van der Waals surface area (Å²) in [6.45, 7) is 3.65. The van der Waals surface area contributed by atoms with Crippen LogP contribution in [0.3, 0.4) is 0 Å². The van der Waals surface area contributed by atoms with Crippen molar-refractivity contribution in [2.24, 2.45) is 10.1 Å². The molecule has 2 aromatic heterocycles. The highest BCUT2D eigenvalue weighted by molar-refractivity contribution is 7.07. The van der Waals surface area contributed by atoms with Crippen LogP contribution in [0.25, 0.3) is 11.3 Å². The van der Waals surface area contributed by atoms with Gasteiger partial charge in [0.1, 0.15) is 22.9 Å². The Hall–Kier alpha value is -3.20. The van der Waals surface area contributed by atoms with Gasteiger partial charge in [-0.1, -0.05) is 35.3 Å². The highest BCUT2D eigenvalue weighted by Crippen LogP contribution is 2.32. The number of rotatable bonds is 5. The third-order valence-corrected chi connectivity index (χ3v) is 5.91. The van der Waals surface area contributed by atoms with Gasteiger partial charge in [-0.15, -0.1) is 11.3 Å². The minimum absolute atomic E-state index is 0.0999. The topological polar surface area (TPSA) is 85.9 Å². The third-order valence-electron chi connectivity index (χ3n) is 4.53. The zero-order valence-electron chi connectivity index (χ0n) is 17.0. The maximum absolute atomic E-state index is 11.4. The summed E-state index contributed by atoms with van der Waals surface area (Å²) in [5.41, 5.74) is 2.02. The molecule has 4 rings (SSSR count). The van der Waals surface area contributed by atoms with Crippen molar-refractivity contribution >= 4 is 51.6 Å². The first-order valence-electron chi connectivity index (χ1n) is 9.40. The molecule has 0 spiro atoms. The fraction of sp³-hybridized carbons (Fsp3) is 0.0909. The van der Waals surface area contributed by atoms with E-state index < -0.39 is 4.92 Å². The predicted molar refractivity (Wildman–Crippen MR) is 127 cm³/mol. The molecule has 0 unspecified atom stereocenters. The number of furan rings is 1. The number of hydrogen-bond acceptors (Lipinski definition) is 6. The van der Waals surface area contributed by atoms with Crippen LogP contribution in [0.15, 0.2) is 74.5 Å². The van der Waals surface area contributed by atoms with E-state index in [1.807, 2.05) is 24.4 Å². The number of thiazole rings is 1. The number of nitrogens with zero attached hydrogens (tertiary/aromatic N) is 4. The zero-order chi connectivity index (χ0) is 22.8. The first-order valence-corrected chi connectivity index (χ1v) is 11.0. The van der Waals surface area contributed by atoms with Gasteiger partial charge in [0.2, 0.25) is 4.80 Å². The zero-order valence-corrected chi connectivity index (χ0v) is 19.3. The molecule has 7 nitrogen and oxygen atoms in total. The molecule has 2 aromatic carbocycles. The van der Waals surface area contributed by atoms with E-state index in [0.29, 0.717) is 37.6 Å². The van der Waals surface area contributed by atoms with Crippen LogP contribution in [0.4, 0.5) is 11.4 Å². The van der Waals surface area contributed by atoms with Crippen molar-refractivity contribution in [1.29, 1.82) is 0 Å². The maximum Gasteiger partial charge on any atom is 0.294 e. The molecule has 0 aliphatic rings. The number of halogens is 2. The van der Waals surface area contributed by atoms with Gasteiger partial charge < -0.3 is 4.42 Å². The third kappa shape index (κ3) is 4.52. The summed E-state index contributed by atoms with van der Waals surface area (Å²) >= 11 is 13.9. The molecule has 0 fully saturated rings. The van der Waals surface area contributed by atoms with Crippen molar-refractivity contribution in [3.8, 4) is 11.3 Å². The molecule has 0 aliphatic carbocycles.